The Morgan fingerprint density at radius 2 is 2.05 bits per heavy atom. The van der Waals surface area contributed by atoms with Gasteiger partial charge >= 0.3 is 6.03 Å². The molecule has 2 N–H and O–H groups in total. The zero-order valence-electron chi connectivity index (χ0n) is 12.0. The van der Waals surface area contributed by atoms with Crippen LogP contribution in [0.2, 0.25) is 5.02 Å². The van der Waals surface area contributed by atoms with Crippen LogP contribution in [0.4, 0.5) is 10.5 Å². The van der Waals surface area contributed by atoms with Crippen molar-refractivity contribution in [3.05, 3.63) is 29.3 Å². The van der Waals surface area contributed by atoms with Crippen molar-refractivity contribution in [2.45, 2.75) is 24.9 Å². The van der Waals surface area contributed by atoms with Crippen LogP contribution in [0.5, 0.6) is 0 Å². The van der Waals surface area contributed by atoms with Gasteiger partial charge in [0.05, 0.1) is 30.0 Å². The number of halogens is 1. The van der Waals surface area contributed by atoms with Crippen molar-refractivity contribution < 1.29 is 14.3 Å². The van der Waals surface area contributed by atoms with E-state index >= 15 is 0 Å². The molecule has 2 aliphatic rings. The first-order valence-corrected chi connectivity index (χ1v) is 7.73. The summed E-state index contributed by atoms with van der Waals surface area (Å²) in [4.78, 5) is 26.1. The van der Waals surface area contributed by atoms with Gasteiger partial charge in [-0.2, -0.15) is 0 Å². The molecule has 7 heteroatoms. The summed E-state index contributed by atoms with van der Waals surface area (Å²) >= 11 is 6.16. The fourth-order valence-electron chi connectivity index (χ4n) is 2.62. The lowest BCUT2D eigenvalue weighted by atomic mass is 10.0. The van der Waals surface area contributed by atoms with Gasteiger partial charge in [0.25, 0.3) is 0 Å². The predicted molar refractivity (Wildman–Crippen MR) is 83.1 cm³/mol. The Hall–Kier alpha value is -1.79. The highest BCUT2D eigenvalue weighted by molar-refractivity contribution is 6.33. The number of benzene rings is 1. The molecule has 1 aromatic carbocycles. The normalized spacial score (nSPS) is 22.1. The van der Waals surface area contributed by atoms with Gasteiger partial charge in [-0.15, -0.1) is 0 Å². The van der Waals surface area contributed by atoms with E-state index in [0.29, 0.717) is 36.9 Å². The fourth-order valence-corrected chi connectivity index (χ4v) is 2.86. The number of para-hydroxylation sites is 1. The summed E-state index contributed by atoms with van der Waals surface area (Å²) in [6, 6.07) is 6.43. The van der Waals surface area contributed by atoms with Gasteiger partial charge in [0.1, 0.15) is 6.04 Å². The maximum Gasteiger partial charge on any atom is 0.315 e. The summed E-state index contributed by atoms with van der Waals surface area (Å²) < 4.78 is 5.00. The molecule has 0 radical (unpaired) electrons. The molecule has 6 nitrogen and oxygen atoms in total. The quantitative estimate of drug-likeness (QED) is 0.886. The van der Waals surface area contributed by atoms with E-state index in [-0.39, 0.29) is 18.0 Å². The Morgan fingerprint density at radius 1 is 1.27 bits per heavy atom. The first-order chi connectivity index (χ1) is 10.6. The highest BCUT2D eigenvalue weighted by atomic mass is 35.5. The van der Waals surface area contributed by atoms with Gasteiger partial charge in [-0.05, 0) is 25.0 Å². The van der Waals surface area contributed by atoms with Crippen LogP contribution in [0.15, 0.2) is 24.3 Å². The third-order valence-corrected chi connectivity index (χ3v) is 4.18. The van der Waals surface area contributed by atoms with Gasteiger partial charge in [-0.25, -0.2) is 4.79 Å². The van der Waals surface area contributed by atoms with E-state index in [1.54, 1.807) is 11.0 Å². The molecule has 0 bridgehead atoms. The van der Waals surface area contributed by atoms with Gasteiger partial charge in [0.2, 0.25) is 5.91 Å². The molecule has 0 aliphatic carbocycles. The van der Waals surface area contributed by atoms with Crippen LogP contribution in [0, 0.1) is 0 Å². The molecular formula is C15H18ClN3O3. The fraction of sp³-hybridized carbons (Fsp3) is 0.467. The lowest BCUT2D eigenvalue weighted by Gasteiger charge is -2.34. The van der Waals surface area contributed by atoms with Crippen molar-refractivity contribution in [3.8, 4) is 0 Å². The number of rotatable bonds is 3. The van der Waals surface area contributed by atoms with Crippen molar-refractivity contribution in [1.29, 1.82) is 0 Å². The maximum absolute atomic E-state index is 12.6. The molecule has 0 aromatic heterocycles. The van der Waals surface area contributed by atoms with E-state index < -0.39 is 6.04 Å². The number of hydrogen-bond acceptors (Lipinski definition) is 3. The number of carbonyl (C=O) groups excluding carboxylic acids is 2. The highest BCUT2D eigenvalue weighted by Crippen LogP contribution is 2.28. The van der Waals surface area contributed by atoms with Crippen LogP contribution in [0.25, 0.3) is 0 Å². The van der Waals surface area contributed by atoms with Gasteiger partial charge in [0, 0.05) is 6.54 Å². The Morgan fingerprint density at radius 3 is 2.73 bits per heavy atom. The van der Waals surface area contributed by atoms with Crippen molar-refractivity contribution in [2.75, 3.05) is 24.7 Å². The second-order valence-corrected chi connectivity index (χ2v) is 5.90. The topological polar surface area (TPSA) is 70.7 Å². The second-order valence-electron chi connectivity index (χ2n) is 5.49. The lowest BCUT2D eigenvalue weighted by molar-refractivity contribution is -0.121. The minimum absolute atomic E-state index is 0.0402. The average molecular weight is 324 g/mol. The van der Waals surface area contributed by atoms with Crippen LogP contribution < -0.4 is 15.5 Å². The van der Waals surface area contributed by atoms with Gasteiger partial charge < -0.3 is 20.3 Å². The van der Waals surface area contributed by atoms with E-state index in [1.807, 2.05) is 18.2 Å². The average Bonchev–Trinajstić information content (AvgIpc) is 2.46. The molecule has 2 aliphatic heterocycles. The molecule has 3 amide bonds. The summed E-state index contributed by atoms with van der Waals surface area (Å²) in [6.07, 6.45) is 1.45. The van der Waals surface area contributed by atoms with Crippen molar-refractivity contribution in [2.24, 2.45) is 0 Å². The van der Waals surface area contributed by atoms with E-state index in [4.69, 9.17) is 16.3 Å². The molecule has 22 heavy (non-hydrogen) atoms. The summed E-state index contributed by atoms with van der Waals surface area (Å²) in [6.45, 7) is 1.66. The molecule has 118 valence electrons. The van der Waals surface area contributed by atoms with Gasteiger partial charge in [0.15, 0.2) is 0 Å². The van der Waals surface area contributed by atoms with Crippen LogP contribution in [0.3, 0.4) is 0 Å². The van der Waals surface area contributed by atoms with E-state index in [1.165, 1.54) is 0 Å². The van der Waals surface area contributed by atoms with Crippen LogP contribution in [-0.4, -0.2) is 43.8 Å². The first kappa shape index (κ1) is 15.1. The third-order valence-electron chi connectivity index (χ3n) is 3.86. The summed E-state index contributed by atoms with van der Waals surface area (Å²) in [7, 11) is 0. The maximum atomic E-state index is 12.6. The Bertz CT molecular complexity index is 577. The highest BCUT2D eigenvalue weighted by Gasteiger charge is 2.32. The molecule has 0 spiro atoms. The number of hydrogen-bond donors (Lipinski definition) is 2. The zero-order chi connectivity index (χ0) is 15.5. The van der Waals surface area contributed by atoms with E-state index in [9.17, 15) is 9.59 Å². The number of ether oxygens (including phenoxy) is 1. The molecule has 1 unspecified atom stereocenters. The number of piperidine rings is 1. The molecule has 1 aromatic rings. The third kappa shape index (κ3) is 3.18. The number of carbonyl (C=O) groups is 2. The standard InChI is InChI=1S/C15H18ClN3O3/c16-11-4-1-2-6-13(11)19-7-3-5-12(14(19)20)18-15(21)17-10-8-22-9-10/h1-2,4,6,10,12H,3,5,7-9H2,(H2,17,18,21). The van der Waals surface area contributed by atoms with Gasteiger partial charge in [-0.3, -0.25) is 4.79 Å². The minimum Gasteiger partial charge on any atom is -0.377 e. The minimum atomic E-state index is -0.522. The predicted octanol–water partition coefficient (Wildman–Crippen LogP) is 1.53. The van der Waals surface area contributed by atoms with Gasteiger partial charge in [-0.1, -0.05) is 23.7 Å². The number of amides is 3. The van der Waals surface area contributed by atoms with Crippen molar-refractivity contribution >= 4 is 29.2 Å². The summed E-state index contributed by atoms with van der Waals surface area (Å²) in [5.41, 5.74) is 0.688. The SMILES string of the molecule is O=C(NC1COC1)NC1CCCN(c2ccccc2Cl)C1=O. The number of urea groups is 1. The number of anilines is 1. The van der Waals surface area contributed by atoms with Crippen molar-refractivity contribution in [1.82, 2.24) is 10.6 Å². The van der Waals surface area contributed by atoms with E-state index in [0.717, 1.165) is 6.42 Å². The zero-order valence-corrected chi connectivity index (χ0v) is 12.8. The number of nitrogens with zero attached hydrogens (tertiary/aromatic N) is 1. The van der Waals surface area contributed by atoms with Crippen LogP contribution >= 0.6 is 11.6 Å². The lowest BCUT2D eigenvalue weighted by Crippen LogP contribution is -2.58. The molecule has 2 fully saturated rings. The second kappa shape index (κ2) is 6.54. The summed E-state index contributed by atoms with van der Waals surface area (Å²) in [5, 5.41) is 6.06. The molecule has 1 atom stereocenters. The Balaban J connectivity index is 1.64. The number of nitrogens with one attached hydrogen (secondary N) is 2. The Kier molecular flexibility index (Phi) is 4.49. The van der Waals surface area contributed by atoms with Crippen LogP contribution in [-0.2, 0) is 9.53 Å². The monoisotopic (exact) mass is 323 g/mol. The van der Waals surface area contributed by atoms with E-state index in [2.05, 4.69) is 10.6 Å². The molecule has 3 rings (SSSR count). The largest absolute Gasteiger partial charge is 0.377 e. The molecule has 2 saturated heterocycles. The molecular weight excluding hydrogens is 306 g/mol. The smallest absolute Gasteiger partial charge is 0.315 e. The van der Waals surface area contributed by atoms with Crippen LogP contribution in [0.1, 0.15) is 12.8 Å². The van der Waals surface area contributed by atoms with Crippen molar-refractivity contribution in [3.63, 3.8) is 0 Å². The molecule has 0 saturated carbocycles. The summed E-state index contributed by atoms with van der Waals surface area (Å²) in [5.74, 6) is -0.126. The molecule has 2 heterocycles. The first-order valence-electron chi connectivity index (χ1n) is 7.36. The Labute approximate surface area is 133 Å².